The number of benzene rings is 1. The Hall–Kier alpha value is -1.72. The number of carbonyl (C=O) groups excluding carboxylic acids is 3. The van der Waals surface area contributed by atoms with Crippen LogP contribution in [0, 0.1) is 0 Å². The third-order valence-electron chi connectivity index (χ3n) is 2.72. The second-order valence-electron chi connectivity index (χ2n) is 3.80. The van der Waals surface area contributed by atoms with E-state index in [0.29, 0.717) is 0 Å². The van der Waals surface area contributed by atoms with Gasteiger partial charge >= 0.3 is 0 Å². The smallest absolute Gasteiger partial charge is 0.262 e. The van der Waals surface area contributed by atoms with Gasteiger partial charge in [-0.25, -0.2) is 0 Å². The number of hydrogen-bond acceptors (Lipinski definition) is 4. The summed E-state index contributed by atoms with van der Waals surface area (Å²) < 4.78 is 4.82. The van der Waals surface area contributed by atoms with Gasteiger partial charge in [0.2, 0.25) is 5.24 Å². The van der Waals surface area contributed by atoms with Crippen molar-refractivity contribution in [1.82, 2.24) is 4.90 Å². The van der Waals surface area contributed by atoms with Crippen molar-refractivity contribution in [2.24, 2.45) is 0 Å². The maximum atomic E-state index is 12.1. The highest BCUT2D eigenvalue weighted by atomic mass is 35.5. The highest BCUT2D eigenvalue weighted by Gasteiger charge is 2.42. The molecule has 1 aromatic rings. The average Bonchev–Trinajstić information content (AvgIpc) is 2.60. The Bertz CT molecular complexity index is 494. The van der Waals surface area contributed by atoms with Gasteiger partial charge in [-0.1, -0.05) is 12.1 Å². The number of nitrogens with zero attached hydrogens (tertiary/aromatic N) is 1. The Morgan fingerprint density at radius 3 is 2.17 bits per heavy atom. The molecule has 18 heavy (non-hydrogen) atoms. The molecule has 0 aliphatic carbocycles. The zero-order chi connectivity index (χ0) is 13.3. The Morgan fingerprint density at radius 2 is 1.78 bits per heavy atom. The summed E-state index contributed by atoms with van der Waals surface area (Å²) in [5, 5.41) is -0.800. The molecule has 1 aromatic carbocycles. The van der Waals surface area contributed by atoms with Crippen LogP contribution in [0.25, 0.3) is 0 Å². The second kappa shape index (κ2) is 4.88. The van der Waals surface area contributed by atoms with Crippen molar-refractivity contribution in [2.45, 2.75) is 6.04 Å². The summed E-state index contributed by atoms with van der Waals surface area (Å²) in [6.07, 6.45) is 0. The molecule has 6 heteroatoms. The van der Waals surface area contributed by atoms with Crippen molar-refractivity contribution in [3.8, 4) is 0 Å². The topological polar surface area (TPSA) is 63.7 Å². The number of rotatable bonds is 4. The highest BCUT2D eigenvalue weighted by molar-refractivity contribution is 6.65. The molecule has 0 spiro atoms. The predicted molar refractivity (Wildman–Crippen MR) is 63.5 cm³/mol. The van der Waals surface area contributed by atoms with Gasteiger partial charge in [0, 0.05) is 7.11 Å². The van der Waals surface area contributed by atoms with Crippen LogP contribution in [-0.2, 0) is 9.53 Å². The number of fused-ring (bicyclic) bond motifs is 1. The number of halogens is 1. The van der Waals surface area contributed by atoms with Gasteiger partial charge in [0.15, 0.2) is 0 Å². The van der Waals surface area contributed by atoms with Crippen LogP contribution in [0.15, 0.2) is 24.3 Å². The Balaban J connectivity index is 2.41. The lowest BCUT2D eigenvalue weighted by molar-refractivity contribution is -0.116. The molecule has 0 saturated carbocycles. The standard InChI is InChI=1S/C12H10ClNO4/c1-18-6-9(10(13)15)14-11(16)7-4-2-3-5-8(7)12(14)17/h2-5,9H,6H2,1H3/t9-/m1/s1. The fourth-order valence-corrected chi connectivity index (χ4v) is 2.05. The summed E-state index contributed by atoms with van der Waals surface area (Å²) in [4.78, 5) is 36.3. The van der Waals surface area contributed by atoms with Crippen LogP contribution in [0.1, 0.15) is 20.7 Å². The van der Waals surface area contributed by atoms with Crippen LogP contribution in [-0.4, -0.2) is 41.7 Å². The molecule has 0 fully saturated rings. The minimum Gasteiger partial charge on any atom is -0.382 e. The molecule has 0 N–H and O–H groups in total. The summed E-state index contributed by atoms with van der Waals surface area (Å²) >= 11 is 5.41. The quantitative estimate of drug-likeness (QED) is 0.604. The van der Waals surface area contributed by atoms with Gasteiger partial charge < -0.3 is 4.74 Å². The van der Waals surface area contributed by atoms with Gasteiger partial charge in [0.05, 0.1) is 17.7 Å². The lowest BCUT2D eigenvalue weighted by Gasteiger charge is -2.21. The molecule has 0 saturated heterocycles. The van der Waals surface area contributed by atoms with Crippen LogP contribution in [0.5, 0.6) is 0 Å². The third-order valence-corrected chi connectivity index (χ3v) is 2.98. The van der Waals surface area contributed by atoms with E-state index >= 15 is 0 Å². The van der Waals surface area contributed by atoms with E-state index in [4.69, 9.17) is 16.3 Å². The average molecular weight is 268 g/mol. The van der Waals surface area contributed by atoms with Crippen molar-refractivity contribution in [3.63, 3.8) is 0 Å². The molecule has 0 aromatic heterocycles. The summed E-state index contributed by atoms with van der Waals surface area (Å²) in [5.74, 6) is -1.04. The lowest BCUT2D eigenvalue weighted by atomic mass is 10.1. The van der Waals surface area contributed by atoms with Crippen LogP contribution < -0.4 is 0 Å². The minimum absolute atomic E-state index is 0.117. The van der Waals surface area contributed by atoms with Gasteiger partial charge in [-0.3, -0.25) is 19.3 Å². The predicted octanol–water partition coefficient (Wildman–Crippen LogP) is 1.06. The largest absolute Gasteiger partial charge is 0.382 e. The molecule has 94 valence electrons. The first-order chi connectivity index (χ1) is 8.57. The molecule has 2 rings (SSSR count). The molecule has 1 aliphatic heterocycles. The van der Waals surface area contributed by atoms with E-state index in [1.165, 1.54) is 19.2 Å². The van der Waals surface area contributed by atoms with Crippen LogP contribution >= 0.6 is 11.6 Å². The first-order valence-electron chi connectivity index (χ1n) is 5.23. The molecule has 1 aliphatic rings. The fraction of sp³-hybridized carbons (Fsp3) is 0.250. The summed E-state index contributed by atoms with van der Waals surface area (Å²) in [7, 11) is 1.37. The monoisotopic (exact) mass is 267 g/mol. The number of methoxy groups -OCH3 is 1. The zero-order valence-corrected chi connectivity index (χ0v) is 10.3. The number of hydrogen-bond donors (Lipinski definition) is 0. The van der Waals surface area contributed by atoms with E-state index in [-0.39, 0.29) is 17.7 Å². The van der Waals surface area contributed by atoms with Crippen molar-refractivity contribution >= 4 is 28.7 Å². The van der Waals surface area contributed by atoms with Crippen molar-refractivity contribution < 1.29 is 19.1 Å². The van der Waals surface area contributed by atoms with E-state index in [1.807, 2.05) is 0 Å². The van der Waals surface area contributed by atoms with Gasteiger partial charge in [-0.2, -0.15) is 0 Å². The van der Waals surface area contributed by atoms with Gasteiger partial charge in [-0.15, -0.1) is 0 Å². The van der Waals surface area contributed by atoms with Crippen LogP contribution in [0.2, 0.25) is 0 Å². The van der Waals surface area contributed by atoms with E-state index in [1.54, 1.807) is 12.1 Å². The molecular formula is C12H10ClNO4. The normalized spacial score (nSPS) is 15.8. The number of carbonyl (C=O) groups is 3. The third kappa shape index (κ3) is 1.91. The van der Waals surface area contributed by atoms with E-state index in [2.05, 4.69) is 0 Å². The van der Waals surface area contributed by atoms with E-state index < -0.39 is 23.1 Å². The molecule has 2 amide bonds. The Morgan fingerprint density at radius 1 is 1.28 bits per heavy atom. The van der Waals surface area contributed by atoms with Crippen molar-refractivity contribution in [2.75, 3.05) is 13.7 Å². The highest BCUT2D eigenvalue weighted by Crippen LogP contribution is 2.25. The van der Waals surface area contributed by atoms with Gasteiger partial charge in [0.25, 0.3) is 11.8 Å². The summed E-state index contributed by atoms with van der Waals surface area (Å²) in [6, 6.07) is 5.29. The first-order valence-corrected chi connectivity index (χ1v) is 5.61. The SMILES string of the molecule is COC[C@H](C(=O)Cl)N1C(=O)c2ccccc2C1=O. The van der Waals surface area contributed by atoms with E-state index in [0.717, 1.165) is 4.90 Å². The van der Waals surface area contributed by atoms with Crippen molar-refractivity contribution in [3.05, 3.63) is 35.4 Å². The van der Waals surface area contributed by atoms with Gasteiger partial charge in [-0.05, 0) is 23.7 Å². The minimum atomic E-state index is -1.09. The molecule has 1 heterocycles. The second-order valence-corrected chi connectivity index (χ2v) is 4.17. The summed E-state index contributed by atoms with van der Waals surface area (Å²) in [5.41, 5.74) is 0.558. The molecule has 0 radical (unpaired) electrons. The maximum absolute atomic E-state index is 12.1. The molecular weight excluding hydrogens is 258 g/mol. The molecule has 0 bridgehead atoms. The van der Waals surface area contributed by atoms with Crippen LogP contribution in [0.3, 0.4) is 0 Å². The lowest BCUT2D eigenvalue weighted by Crippen LogP contribution is -2.46. The van der Waals surface area contributed by atoms with Crippen molar-refractivity contribution in [1.29, 1.82) is 0 Å². The number of amides is 2. The zero-order valence-electron chi connectivity index (χ0n) is 9.55. The Labute approximate surface area is 108 Å². The van der Waals surface area contributed by atoms with E-state index in [9.17, 15) is 14.4 Å². The maximum Gasteiger partial charge on any atom is 0.262 e. The van der Waals surface area contributed by atoms with Crippen LogP contribution in [0.4, 0.5) is 0 Å². The first kappa shape index (κ1) is 12.7. The fourth-order valence-electron chi connectivity index (χ4n) is 1.89. The molecule has 5 nitrogen and oxygen atoms in total. The molecule has 0 unspecified atom stereocenters. The molecule has 1 atom stereocenters. The number of ether oxygens (including phenoxy) is 1. The Kier molecular flexibility index (Phi) is 3.45. The number of imide groups is 1. The van der Waals surface area contributed by atoms with Gasteiger partial charge in [0.1, 0.15) is 6.04 Å². The summed E-state index contributed by atoms with van der Waals surface area (Å²) in [6.45, 7) is -0.117.